The van der Waals surface area contributed by atoms with Crippen LogP contribution in [-0.2, 0) is 9.53 Å². The molecule has 0 bridgehead atoms. The molecule has 2 saturated heterocycles. The van der Waals surface area contributed by atoms with E-state index in [9.17, 15) is 4.79 Å². The Kier molecular flexibility index (Phi) is 5.48. The zero-order chi connectivity index (χ0) is 12.4. The van der Waals surface area contributed by atoms with Crippen LogP contribution in [0.3, 0.4) is 0 Å². The van der Waals surface area contributed by atoms with E-state index in [1.165, 1.54) is 12.8 Å². The lowest BCUT2D eigenvalue weighted by Gasteiger charge is -2.20. The maximum Gasteiger partial charge on any atom is 0.248 e. The standard InChI is InChI=1S/C14H24N2O2.ClH/c17-14(10-18-9-11-1-2-11)16-5-3-12-7-15-8-13(12)4-6-16;/h11-13,15H,1-10H2;1H/t12-,13+;. The van der Waals surface area contributed by atoms with Crippen molar-refractivity contribution < 1.29 is 9.53 Å². The van der Waals surface area contributed by atoms with E-state index in [4.69, 9.17) is 4.74 Å². The zero-order valence-electron chi connectivity index (χ0n) is 11.5. The molecular formula is C14H25ClN2O2. The first-order valence-electron chi connectivity index (χ1n) is 7.39. The number of carbonyl (C=O) groups is 1. The molecule has 0 aromatic carbocycles. The number of carbonyl (C=O) groups excluding carboxylic acids is 1. The number of amides is 1. The molecule has 0 radical (unpaired) electrons. The lowest BCUT2D eigenvalue weighted by Crippen LogP contribution is -2.35. The minimum Gasteiger partial charge on any atom is -0.371 e. The summed E-state index contributed by atoms with van der Waals surface area (Å²) in [5, 5.41) is 3.46. The van der Waals surface area contributed by atoms with Gasteiger partial charge in [0.15, 0.2) is 0 Å². The third kappa shape index (κ3) is 4.07. The molecule has 3 fully saturated rings. The second-order valence-corrected chi connectivity index (χ2v) is 6.10. The van der Waals surface area contributed by atoms with Gasteiger partial charge in [0, 0.05) is 13.1 Å². The van der Waals surface area contributed by atoms with Gasteiger partial charge in [0.25, 0.3) is 0 Å². The van der Waals surface area contributed by atoms with Gasteiger partial charge >= 0.3 is 0 Å². The Morgan fingerprint density at radius 2 is 1.74 bits per heavy atom. The molecule has 1 aliphatic carbocycles. The van der Waals surface area contributed by atoms with Gasteiger partial charge in [-0.15, -0.1) is 12.4 Å². The highest BCUT2D eigenvalue weighted by Crippen LogP contribution is 2.29. The number of likely N-dealkylation sites (tertiary alicyclic amines) is 1. The Hall–Kier alpha value is -0.320. The number of halogens is 1. The van der Waals surface area contributed by atoms with Gasteiger partial charge in [-0.3, -0.25) is 4.79 Å². The lowest BCUT2D eigenvalue weighted by molar-refractivity contribution is -0.136. The molecule has 110 valence electrons. The van der Waals surface area contributed by atoms with Crippen LogP contribution in [-0.4, -0.2) is 50.2 Å². The molecule has 4 nitrogen and oxygen atoms in total. The summed E-state index contributed by atoms with van der Waals surface area (Å²) in [4.78, 5) is 14.1. The molecule has 2 heterocycles. The van der Waals surface area contributed by atoms with E-state index in [1.807, 2.05) is 4.90 Å². The molecule has 2 aliphatic heterocycles. The molecule has 2 atom stereocenters. The predicted octanol–water partition coefficient (Wildman–Crippen LogP) is 1.29. The summed E-state index contributed by atoms with van der Waals surface area (Å²) in [6.45, 7) is 5.22. The number of rotatable bonds is 4. The Morgan fingerprint density at radius 1 is 1.11 bits per heavy atom. The molecule has 3 rings (SSSR count). The van der Waals surface area contributed by atoms with Gasteiger partial charge in [-0.2, -0.15) is 0 Å². The van der Waals surface area contributed by atoms with Crippen LogP contribution < -0.4 is 5.32 Å². The second-order valence-electron chi connectivity index (χ2n) is 6.10. The van der Waals surface area contributed by atoms with Crippen LogP contribution in [0.2, 0.25) is 0 Å². The van der Waals surface area contributed by atoms with Crippen molar-refractivity contribution >= 4 is 18.3 Å². The molecular weight excluding hydrogens is 264 g/mol. The number of nitrogens with zero attached hydrogens (tertiary/aromatic N) is 1. The predicted molar refractivity (Wildman–Crippen MR) is 76.5 cm³/mol. The largest absolute Gasteiger partial charge is 0.371 e. The fourth-order valence-electron chi connectivity index (χ4n) is 3.16. The molecule has 1 N–H and O–H groups in total. The highest BCUT2D eigenvalue weighted by Gasteiger charge is 2.31. The van der Waals surface area contributed by atoms with Crippen LogP contribution in [0.25, 0.3) is 0 Å². The number of ether oxygens (including phenoxy) is 1. The minimum absolute atomic E-state index is 0. The Labute approximate surface area is 121 Å². The van der Waals surface area contributed by atoms with E-state index in [-0.39, 0.29) is 18.3 Å². The first-order valence-corrected chi connectivity index (χ1v) is 7.39. The summed E-state index contributed by atoms with van der Waals surface area (Å²) in [7, 11) is 0. The molecule has 19 heavy (non-hydrogen) atoms. The SMILES string of the molecule is Cl.O=C(COCC1CC1)N1CC[C@@H]2CNC[C@@H]2CC1. The van der Waals surface area contributed by atoms with Gasteiger partial charge in [-0.05, 0) is 56.5 Å². The van der Waals surface area contributed by atoms with Crippen molar-refractivity contribution in [3.63, 3.8) is 0 Å². The number of hydrogen-bond acceptors (Lipinski definition) is 3. The van der Waals surface area contributed by atoms with E-state index in [0.29, 0.717) is 6.61 Å². The van der Waals surface area contributed by atoms with Crippen molar-refractivity contribution in [2.45, 2.75) is 25.7 Å². The van der Waals surface area contributed by atoms with Crippen molar-refractivity contribution in [3.8, 4) is 0 Å². The minimum atomic E-state index is 0. The summed E-state index contributed by atoms with van der Waals surface area (Å²) >= 11 is 0. The van der Waals surface area contributed by atoms with E-state index in [1.54, 1.807) is 0 Å². The van der Waals surface area contributed by atoms with Crippen LogP contribution in [0.15, 0.2) is 0 Å². The molecule has 5 heteroatoms. The molecule has 1 saturated carbocycles. The first kappa shape index (κ1) is 15.1. The fraction of sp³-hybridized carbons (Fsp3) is 0.929. The van der Waals surface area contributed by atoms with E-state index in [0.717, 1.165) is 63.4 Å². The monoisotopic (exact) mass is 288 g/mol. The summed E-state index contributed by atoms with van der Waals surface area (Å²) < 4.78 is 5.50. The molecule has 0 aromatic rings. The Bertz CT molecular complexity index is 296. The van der Waals surface area contributed by atoms with Crippen molar-refractivity contribution in [2.75, 3.05) is 39.4 Å². The van der Waals surface area contributed by atoms with Crippen LogP contribution in [0.5, 0.6) is 0 Å². The average Bonchev–Trinajstić information content (AvgIpc) is 3.12. The van der Waals surface area contributed by atoms with Gasteiger partial charge in [0.05, 0.1) is 6.61 Å². The number of fused-ring (bicyclic) bond motifs is 1. The summed E-state index contributed by atoms with van der Waals surface area (Å²) in [5.41, 5.74) is 0. The summed E-state index contributed by atoms with van der Waals surface area (Å²) in [6, 6.07) is 0. The van der Waals surface area contributed by atoms with E-state index in [2.05, 4.69) is 5.32 Å². The fourth-order valence-corrected chi connectivity index (χ4v) is 3.16. The topological polar surface area (TPSA) is 41.6 Å². The highest BCUT2D eigenvalue weighted by molar-refractivity contribution is 5.85. The average molecular weight is 289 g/mol. The van der Waals surface area contributed by atoms with E-state index >= 15 is 0 Å². The Morgan fingerprint density at radius 3 is 2.32 bits per heavy atom. The lowest BCUT2D eigenvalue weighted by atomic mass is 9.92. The summed E-state index contributed by atoms with van der Waals surface area (Å²) in [6.07, 6.45) is 4.89. The maximum atomic E-state index is 12.1. The van der Waals surface area contributed by atoms with Crippen LogP contribution in [0, 0.1) is 17.8 Å². The van der Waals surface area contributed by atoms with Crippen molar-refractivity contribution in [1.29, 1.82) is 0 Å². The quantitative estimate of drug-likeness (QED) is 0.848. The van der Waals surface area contributed by atoms with Gasteiger partial charge in [-0.1, -0.05) is 0 Å². The van der Waals surface area contributed by atoms with Crippen molar-refractivity contribution in [1.82, 2.24) is 10.2 Å². The number of hydrogen-bond donors (Lipinski definition) is 1. The van der Waals surface area contributed by atoms with Crippen molar-refractivity contribution in [2.24, 2.45) is 17.8 Å². The smallest absolute Gasteiger partial charge is 0.248 e. The van der Waals surface area contributed by atoms with Crippen molar-refractivity contribution in [3.05, 3.63) is 0 Å². The summed E-state index contributed by atoms with van der Waals surface area (Å²) in [5.74, 6) is 2.52. The van der Waals surface area contributed by atoms with Gasteiger partial charge in [-0.25, -0.2) is 0 Å². The zero-order valence-corrected chi connectivity index (χ0v) is 12.3. The Balaban J connectivity index is 0.00000133. The van der Waals surface area contributed by atoms with E-state index < -0.39 is 0 Å². The van der Waals surface area contributed by atoms with Crippen LogP contribution in [0.4, 0.5) is 0 Å². The normalized spacial score (nSPS) is 30.4. The maximum absolute atomic E-state index is 12.1. The molecule has 0 unspecified atom stereocenters. The van der Waals surface area contributed by atoms with Gasteiger partial charge < -0.3 is 15.0 Å². The third-order valence-corrected chi connectivity index (χ3v) is 4.65. The molecule has 0 spiro atoms. The molecule has 3 aliphatic rings. The van der Waals surface area contributed by atoms with Gasteiger partial charge in [0.2, 0.25) is 5.91 Å². The van der Waals surface area contributed by atoms with Gasteiger partial charge in [0.1, 0.15) is 6.61 Å². The van der Waals surface area contributed by atoms with Crippen LogP contribution >= 0.6 is 12.4 Å². The highest BCUT2D eigenvalue weighted by atomic mass is 35.5. The number of nitrogens with one attached hydrogen (secondary N) is 1. The second kappa shape index (κ2) is 6.91. The first-order chi connectivity index (χ1) is 8.83. The van der Waals surface area contributed by atoms with Crippen LogP contribution in [0.1, 0.15) is 25.7 Å². The third-order valence-electron chi connectivity index (χ3n) is 4.65. The molecule has 1 amide bonds. The molecule has 0 aromatic heterocycles.